The summed E-state index contributed by atoms with van der Waals surface area (Å²) in [6, 6.07) is 16.1. The average molecular weight is 353 g/mol. The molecule has 0 unspecified atom stereocenters. The molecule has 2 N–H and O–H groups in total. The second kappa shape index (κ2) is 10.9. The van der Waals surface area contributed by atoms with Gasteiger partial charge in [-0.25, -0.2) is 0 Å². The van der Waals surface area contributed by atoms with Gasteiger partial charge in [-0.3, -0.25) is 14.8 Å². The fourth-order valence-corrected chi connectivity index (χ4v) is 2.44. The van der Waals surface area contributed by atoms with Gasteiger partial charge in [-0.15, -0.1) is 0 Å². The van der Waals surface area contributed by atoms with E-state index in [1.54, 1.807) is 25.2 Å². The maximum atomic E-state index is 12.2. The number of nitrogens with zero attached hydrogens (tertiary/aromatic N) is 3. The molecule has 0 aliphatic rings. The maximum absolute atomic E-state index is 12.2. The highest BCUT2D eigenvalue weighted by Crippen LogP contribution is 1.98. The largest absolute Gasteiger partial charge is 0.356 e. The van der Waals surface area contributed by atoms with E-state index in [1.807, 2.05) is 36.4 Å². The van der Waals surface area contributed by atoms with Crippen LogP contribution in [0.5, 0.6) is 0 Å². The number of benzene rings is 1. The maximum Gasteiger partial charge on any atom is 0.241 e. The molecule has 26 heavy (non-hydrogen) atoms. The molecule has 0 fully saturated rings. The van der Waals surface area contributed by atoms with Crippen molar-refractivity contribution in [1.29, 1.82) is 0 Å². The van der Waals surface area contributed by atoms with Crippen molar-refractivity contribution in [2.45, 2.75) is 12.8 Å². The molecule has 1 amide bonds. The van der Waals surface area contributed by atoms with Gasteiger partial charge in [0.05, 0.1) is 6.54 Å². The quantitative estimate of drug-likeness (QED) is 0.557. The Labute approximate surface area is 155 Å². The van der Waals surface area contributed by atoms with E-state index < -0.39 is 0 Å². The summed E-state index contributed by atoms with van der Waals surface area (Å²) in [5.74, 6) is 0.652. The molecule has 0 aliphatic heterocycles. The zero-order valence-corrected chi connectivity index (χ0v) is 15.5. The third-order valence-corrected chi connectivity index (χ3v) is 4.03. The van der Waals surface area contributed by atoms with E-state index >= 15 is 0 Å². The summed E-state index contributed by atoms with van der Waals surface area (Å²) in [7, 11) is 3.51. The molecule has 0 radical (unpaired) electrons. The van der Waals surface area contributed by atoms with Crippen LogP contribution in [0.25, 0.3) is 0 Å². The van der Waals surface area contributed by atoms with Crippen LogP contribution >= 0.6 is 0 Å². The summed E-state index contributed by atoms with van der Waals surface area (Å²) >= 11 is 0. The smallest absolute Gasteiger partial charge is 0.241 e. The summed E-state index contributed by atoms with van der Waals surface area (Å²) in [6.45, 7) is 1.61. The molecule has 0 spiro atoms. The molecule has 2 rings (SSSR count). The summed E-state index contributed by atoms with van der Waals surface area (Å²) < 4.78 is 0. The van der Waals surface area contributed by atoms with Crippen LogP contribution in [0.4, 0.5) is 0 Å². The van der Waals surface area contributed by atoms with Gasteiger partial charge < -0.3 is 15.5 Å². The molecule has 0 bridgehead atoms. The number of carbonyl (C=O) groups is 1. The second-order valence-electron chi connectivity index (χ2n) is 5.97. The molecule has 1 aromatic carbocycles. The highest BCUT2D eigenvalue weighted by molar-refractivity contribution is 5.86. The summed E-state index contributed by atoms with van der Waals surface area (Å²) in [5, 5.41) is 6.29. The topological polar surface area (TPSA) is 69.6 Å². The lowest BCUT2D eigenvalue weighted by molar-refractivity contribution is -0.128. The number of rotatable bonds is 8. The molecule has 6 heteroatoms. The van der Waals surface area contributed by atoms with Gasteiger partial charge in [0.15, 0.2) is 5.96 Å². The molecule has 138 valence electrons. The van der Waals surface area contributed by atoms with Gasteiger partial charge >= 0.3 is 0 Å². The van der Waals surface area contributed by atoms with Gasteiger partial charge in [0.2, 0.25) is 5.91 Å². The molecule has 1 aromatic heterocycles. The summed E-state index contributed by atoms with van der Waals surface area (Å²) in [5.41, 5.74) is 2.25. The minimum Gasteiger partial charge on any atom is -0.356 e. The number of aliphatic imine (C=N–C) groups is 1. The predicted octanol–water partition coefficient (Wildman–Crippen LogP) is 1.49. The van der Waals surface area contributed by atoms with E-state index in [4.69, 9.17) is 0 Å². The first-order valence-corrected chi connectivity index (χ1v) is 8.81. The molecular weight excluding hydrogens is 326 g/mol. The number of carbonyl (C=O) groups excluding carboxylic acids is 1. The van der Waals surface area contributed by atoms with E-state index in [0.29, 0.717) is 12.5 Å². The van der Waals surface area contributed by atoms with Gasteiger partial charge in [-0.1, -0.05) is 36.4 Å². The van der Waals surface area contributed by atoms with Crippen molar-refractivity contribution in [1.82, 2.24) is 20.5 Å². The number of hydrogen-bond acceptors (Lipinski definition) is 3. The van der Waals surface area contributed by atoms with Crippen molar-refractivity contribution in [2.24, 2.45) is 4.99 Å². The molecular formula is C20H27N5O. The Morgan fingerprint density at radius 1 is 1.08 bits per heavy atom. The standard InChI is InChI=1S/C20H27N5O/c1-21-20(23-14-11-17-8-4-3-5-9-17)24-16-19(26)25(2)15-12-18-10-6-7-13-22-18/h3-10,13H,11-12,14-16H2,1-2H3,(H2,21,23,24). The average Bonchev–Trinajstić information content (AvgIpc) is 2.70. The van der Waals surface area contributed by atoms with Crippen molar-refractivity contribution >= 4 is 11.9 Å². The first-order valence-electron chi connectivity index (χ1n) is 8.81. The van der Waals surface area contributed by atoms with E-state index in [9.17, 15) is 4.79 Å². The van der Waals surface area contributed by atoms with E-state index in [-0.39, 0.29) is 12.5 Å². The van der Waals surface area contributed by atoms with Gasteiger partial charge in [0, 0.05) is 45.5 Å². The third-order valence-electron chi connectivity index (χ3n) is 4.03. The van der Waals surface area contributed by atoms with Gasteiger partial charge in [-0.2, -0.15) is 0 Å². The van der Waals surface area contributed by atoms with E-state index in [1.165, 1.54) is 5.56 Å². The number of aromatic nitrogens is 1. The van der Waals surface area contributed by atoms with Crippen molar-refractivity contribution < 1.29 is 4.79 Å². The van der Waals surface area contributed by atoms with E-state index in [0.717, 1.165) is 25.1 Å². The third kappa shape index (κ3) is 6.93. The van der Waals surface area contributed by atoms with Crippen LogP contribution in [0.1, 0.15) is 11.3 Å². The van der Waals surface area contributed by atoms with Crippen LogP contribution in [-0.4, -0.2) is 55.5 Å². The molecule has 1 heterocycles. The molecule has 0 saturated carbocycles. The van der Waals surface area contributed by atoms with Crippen LogP contribution < -0.4 is 10.6 Å². The van der Waals surface area contributed by atoms with Gasteiger partial charge in [0.1, 0.15) is 0 Å². The number of likely N-dealkylation sites (N-methyl/N-ethyl adjacent to an activating group) is 1. The molecule has 0 aliphatic carbocycles. The Balaban J connectivity index is 1.67. The van der Waals surface area contributed by atoms with Crippen molar-refractivity contribution in [2.75, 3.05) is 33.7 Å². The zero-order chi connectivity index (χ0) is 18.6. The Kier molecular flexibility index (Phi) is 8.12. The minimum absolute atomic E-state index is 0.0203. The SMILES string of the molecule is CN=C(NCCc1ccccc1)NCC(=O)N(C)CCc1ccccn1. The van der Waals surface area contributed by atoms with Crippen LogP contribution in [0, 0.1) is 0 Å². The predicted molar refractivity (Wildman–Crippen MR) is 105 cm³/mol. The van der Waals surface area contributed by atoms with Crippen LogP contribution in [0.15, 0.2) is 59.7 Å². The molecule has 6 nitrogen and oxygen atoms in total. The normalized spacial score (nSPS) is 11.1. The number of amides is 1. The monoisotopic (exact) mass is 353 g/mol. The lowest BCUT2D eigenvalue weighted by Crippen LogP contribution is -2.44. The molecule has 0 atom stereocenters. The Morgan fingerprint density at radius 2 is 1.85 bits per heavy atom. The lowest BCUT2D eigenvalue weighted by atomic mass is 10.1. The first kappa shape index (κ1) is 19.4. The number of hydrogen-bond donors (Lipinski definition) is 2. The van der Waals surface area contributed by atoms with Gasteiger partial charge in [0.25, 0.3) is 0 Å². The van der Waals surface area contributed by atoms with Crippen molar-refractivity contribution in [3.8, 4) is 0 Å². The summed E-state index contributed by atoms with van der Waals surface area (Å²) in [4.78, 5) is 22.4. The van der Waals surface area contributed by atoms with Gasteiger partial charge in [-0.05, 0) is 24.1 Å². The fourth-order valence-electron chi connectivity index (χ4n) is 2.44. The van der Waals surface area contributed by atoms with Crippen molar-refractivity contribution in [3.63, 3.8) is 0 Å². The zero-order valence-electron chi connectivity index (χ0n) is 15.5. The highest BCUT2D eigenvalue weighted by atomic mass is 16.2. The Hall–Kier alpha value is -2.89. The Morgan fingerprint density at radius 3 is 2.54 bits per heavy atom. The van der Waals surface area contributed by atoms with Crippen LogP contribution in [-0.2, 0) is 17.6 Å². The number of pyridine rings is 1. The number of guanidine groups is 1. The molecule has 2 aromatic rings. The van der Waals surface area contributed by atoms with Crippen LogP contribution in [0.3, 0.4) is 0 Å². The molecule has 0 saturated heterocycles. The highest BCUT2D eigenvalue weighted by Gasteiger charge is 2.09. The Bertz CT molecular complexity index is 688. The number of nitrogens with one attached hydrogen (secondary N) is 2. The van der Waals surface area contributed by atoms with Crippen molar-refractivity contribution in [3.05, 3.63) is 66.0 Å². The fraction of sp³-hybridized carbons (Fsp3) is 0.350. The minimum atomic E-state index is 0.0203. The second-order valence-corrected chi connectivity index (χ2v) is 5.97. The summed E-state index contributed by atoms with van der Waals surface area (Å²) in [6.07, 6.45) is 3.41. The van der Waals surface area contributed by atoms with Crippen LogP contribution in [0.2, 0.25) is 0 Å². The van der Waals surface area contributed by atoms with E-state index in [2.05, 4.69) is 32.7 Å². The first-order chi connectivity index (χ1) is 12.7. The lowest BCUT2D eigenvalue weighted by Gasteiger charge is -2.18.